The number of para-hydroxylation sites is 1. The summed E-state index contributed by atoms with van der Waals surface area (Å²) in [7, 11) is 0. The van der Waals surface area contributed by atoms with Crippen LogP contribution >= 0.6 is 0 Å². The zero-order chi connectivity index (χ0) is 22.1. The summed E-state index contributed by atoms with van der Waals surface area (Å²) in [5.41, 5.74) is 3.28. The Balaban J connectivity index is 1.35. The van der Waals surface area contributed by atoms with Crippen LogP contribution in [0.5, 0.6) is 0 Å². The van der Waals surface area contributed by atoms with Crippen molar-refractivity contribution in [2.45, 2.75) is 24.7 Å². The second kappa shape index (κ2) is 8.23. The first-order valence-corrected chi connectivity index (χ1v) is 11.0. The average Bonchev–Trinajstić information content (AvgIpc) is 3.37. The monoisotopic (exact) mass is 428 g/mol. The molecule has 2 amide bonds. The van der Waals surface area contributed by atoms with Crippen LogP contribution in [0.1, 0.15) is 23.1 Å². The smallest absolute Gasteiger partial charge is 0.239 e. The number of hydrogen-bond donors (Lipinski definition) is 0. The van der Waals surface area contributed by atoms with Crippen LogP contribution in [0.15, 0.2) is 78.9 Å². The lowest BCUT2D eigenvalue weighted by Crippen LogP contribution is -2.44. The molecule has 0 aromatic heterocycles. The van der Waals surface area contributed by atoms with E-state index in [-0.39, 0.29) is 24.1 Å². The molecule has 1 atom stereocenters. The van der Waals surface area contributed by atoms with Gasteiger partial charge in [-0.25, -0.2) is 4.39 Å². The normalized spacial score (nSPS) is 19.6. The number of nitrogens with zero attached hydrogens (tertiary/aromatic N) is 2. The van der Waals surface area contributed by atoms with E-state index >= 15 is 0 Å². The summed E-state index contributed by atoms with van der Waals surface area (Å²) in [5.74, 6) is -0.252. The standard InChI is InChI=1S/C27H25FN2O2/c28-22-12-10-21(11-13-22)18-25(31)29-17-15-27(19-29)23-8-4-5-9-24(23)30(26(27)32)16-14-20-6-2-1-3-7-20/h1-13H,14-19H2. The number of fused-ring (bicyclic) bond motifs is 2. The molecule has 1 fully saturated rings. The molecule has 1 spiro atoms. The van der Waals surface area contributed by atoms with Gasteiger partial charge in [-0.05, 0) is 47.7 Å². The molecule has 162 valence electrons. The van der Waals surface area contributed by atoms with Crippen LogP contribution in [0.25, 0.3) is 0 Å². The molecule has 1 unspecified atom stereocenters. The largest absolute Gasteiger partial charge is 0.341 e. The lowest BCUT2D eigenvalue weighted by atomic mass is 9.81. The van der Waals surface area contributed by atoms with Gasteiger partial charge in [0.15, 0.2) is 0 Å². The Bertz CT molecular complexity index is 1150. The van der Waals surface area contributed by atoms with Crippen molar-refractivity contribution in [3.63, 3.8) is 0 Å². The molecule has 2 aliphatic rings. The van der Waals surface area contributed by atoms with Crippen LogP contribution in [0.4, 0.5) is 10.1 Å². The van der Waals surface area contributed by atoms with Gasteiger partial charge in [-0.1, -0.05) is 60.7 Å². The van der Waals surface area contributed by atoms with Crippen LogP contribution in [0.3, 0.4) is 0 Å². The van der Waals surface area contributed by atoms with Crippen molar-refractivity contribution in [2.24, 2.45) is 0 Å². The second-order valence-electron chi connectivity index (χ2n) is 8.66. The first-order valence-electron chi connectivity index (χ1n) is 11.0. The SMILES string of the molecule is O=C(Cc1ccc(F)cc1)N1CCC2(C1)C(=O)N(CCc1ccccc1)c1ccccc12. The Morgan fingerprint density at radius 3 is 2.41 bits per heavy atom. The Kier molecular flexibility index (Phi) is 5.25. The van der Waals surface area contributed by atoms with Gasteiger partial charge >= 0.3 is 0 Å². The van der Waals surface area contributed by atoms with Crippen LogP contribution in [0, 0.1) is 5.82 Å². The number of rotatable bonds is 5. The van der Waals surface area contributed by atoms with Crippen molar-refractivity contribution >= 4 is 17.5 Å². The molecule has 3 aromatic carbocycles. The van der Waals surface area contributed by atoms with E-state index in [4.69, 9.17) is 0 Å². The van der Waals surface area contributed by atoms with Gasteiger partial charge in [-0.2, -0.15) is 0 Å². The van der Waals surface area contributed by atoms with E-state index in [1.54, 1.807) is 17.0 Å². The van der Waals surface area contributed by atoms with E-state index in [9.17, 15) is 14.0 Å². The van der Waals surface area contributed by atoms with Gasteiger partial charge in [0.1, 0.15) is 5.82 Å². The highest BCUT2D eigenvalue weighted by Gasteiger charge is 2.54. The van der Waals surface area contributed by atoms with Crippen molar-refractivity contribution in [1.29, 1.82) is 0 Å². The van der Waals surface area contributed by atoms with Crippen LogP contribution < -0.4 is 4.90 Å². The van der Waals surface area contributed by atoms with Crippen LogP contribution in [-0.2, 0) is 27.8 Å². The second-order valence-corrected chi connectivity index (χ2v) is 8.66. The molecule has 3 aromatic rings. The fourth-order valence-corrected chi connectivity index (χ4v) is 5.01. The number of amides is 2. The summed E-state index contributed by atoms with van der Waals surface area (Å²) in [6.45, 7) is 1.56. The third-order valence-electron chi connectivity index (χ3n) is 6.72. The summed E-state index contributed by atoms with van der Waals surface area (Å²) in [4.78, 5) is 30.4. The van der Waals surface area contributed by atoms with E-state index in [2.05, 4.69) is 12.1 Å². The number of halogens is 1. The number of carbonyl (C=O) groups is 2. The Morgan fingerprint density at radius 1 is 0.906 bits per heavy atom. The van der Waals surface area contributed by atoms with E-state index in [1.807, 2.05) is 47.4 Å². The Hall–Kier alpha value is -3.47. The molecule has 5 rings (SSSR count). The molecule has 0 aliphatic carbocycles. The highest BCUT2D eigenvalue weighted by molar-refractivity contribution is 6.09. The first-order chi connectivity index (χ1) is 15.6. The molecule has 0 radical (unpaired) electrons. The number of benzene rings is 3. The van der Waals surface area contributed by atoms with Gasteiger partial charge in [0, 0.05) is 25.3 Å². The molecule has 2 aliphatic heterocycles. The number of anilines is 1. The minimum absolute atomic E-state index is 0.0264. The summed E-state index contributed by atoms with van der Waals surface area (Å²) in [6.07, 6.45) is 1.62. The van der Waals surface area contributed by atoms with E-state index < -0.39 is 5.41 Å². The highest BCUT2D eigenvalue weighted by atomic mass is 19.1. The van der Waals surface area contributed by atoms with Gasteiger partial charge in [0.25, 0.3) is 0 Å². The zero-order valence-corrected chi connectivity index (χ0v) is 17.8. The van der Waals surface area contributed by atoms with Crippen molar-refractivity contribution < 1.29 is 14.0 Å². The van der Waals surface area contributed by atoms with Crippen LogP contribution in [0.2, 0.25) is 0 Å². The molecular weight excluding hydrogens is 403 g/mol. The summed E-state index contributed by atoms with van der Waals surface area (Å²) in [6, 6.07) is 24.2. The number of likely N-dealkylation sites (tertiary alicyclic amines) is 1. The van der Waals surface area contributed by atoms with Crippen molar-refractivity contribution in [2.75, 3.05) is 24.5 Å². The van der Waals surface area contributed by atoms with Crippen molar-refractivity contribution in [3.05, 3.63) is 101 Å². The zero-order valence-electron chi connectivity index (χ0n) is 17.8. The topological polar surface area (TPSA) is 40.6 Å². The Labute approximate surface area is 187 Å². The predicted octanol–water partition coefficient (Wildman–Crippen LogP) is 4.13. The van der Waals surface area contributed by atoms with Crippen molar-refractivity contribution in [3.8, 4) is 0 Å². The van der Waals surface area contributed by atoms with E-state index in [1.165, 1.54) is 17.7 Å². The summed E-state index contributed by atoms with van der Waals surface area (Å²) >= 11 is 0. The van der Waals surface area contributed by atoms with Gasteiger partial charge < -0.3 is 9.80 Å². The van der Waals surface area contributed by atoms with Gasteiger partial charge in [-0.15, -0.1) is 0 Å². The highest BCUT2D eigenvalue weighted by Crippen LogP contribution is 2.47. The first kappa shape index (κ1) is 20.4. The third kappa shape index (κ3) is 3.58. The maximum absolute atomic E-state index is 13.7. The Morgan fingerprint density at radius 2 is 1.62 bits per heavy atom. The van der Waals surface area contributed by atoms with E-state index in [0.29, 0.717) is 26.1 Å². The molecular formula is C27H25FN2O2. The third-order valence-corrected chi connectivity index (χ3v) is 6.72. The molecule has 32 heavy (non-hydrogen) atoms. The molecule has 1 saturated heterocycles. The minimum atomic E-state index is -0.675. The van der Waals surface area contributed by atoms with E-state index in [0.717, 1.165) is 23.2 Å². The molecule has 2 heterocycles. The van der Waals surface area contributed by atoms with Gasteiger partial charge in [-0.3, -0.25) is 9.59 Å². The predicted molar refractivity (Wildman–Crippen MR) is 122 cm³/mol. The molecule has 5 heteroatoms. The lowest BCUT2D eigenvalue weighted by Gasteiger charge is -2.25. The average molecular weight is 429 g/mol. The molecule has 4 nitrogen and oxygen atoms in total. The number of carbonyl (C=O) groups excluding carboxylic acids is 2. The fraction of sp³-hybridized carbons (Fsp3) is 0.259. The van der Waals surface area contributed by atoms with Crippen molar-refractivity contribution in [1.82, 2.24) is 4.90 Å². The maximum Gasteiger partial charge on any atom is 0.239 e. The summed E-state index contributed by atoms with van der Waals surface area (Å²) in [5, 5.41) is 0. The lowest BCUT2D eigenvalue weighted by molar-refractivity contribution is -0.130. The van der Waals surface area contributed by atoms with Gasteiger partial charge in [0.2, 0.25) is 11.8 Å². The quantitative estimate of drug-likeness (QED) is 0.613. The molecule has 0 saturated carbocycles. The fourth-order valence-electron chi connectivity index (χ4n) is 5.01. The minimum Gasteiger partial charge on any atom is -0.341 e. The molecule has 0 bridgehead atoms. The molecule has 0 N–H and O–H groups in total. The maximum atomic E-state index is 13.7. The summed E-state index contributed by atoms with van der Waals surface area (Å²) < 4.78 is 13.2. The van der Waals surface area contributed by atoms with Gasteiger partial charge in [0.05, 0.1) is 11.8 Å². The van der Waals surface area contributed by atoms with Crippen LogP contribution in [-0.4, -0.2) is 36.3 Å². The number of hydrogen-bond acceptors (Lipinski definition) is 2.